The summed E-state index contributed by atoms with van der Waals surface area (Å²) in [6.45, 7) is 0. The number of hydrogen-bond donors (Lipinski definition) is 4. The van der Waals surface area contributed by atoms with Gasteiger partial charge in [0.1, 0.15) is 11.9 Å². The van der Waals surface area contributed by atoms with Crippen LogP contribution in [0.15, 0.2) is 24.4 Å². The molecule has 5 N–H and O–H groups in total. The van der Waals surface area contributed by atoms with Crippen LogP contribution in [-0.4, -0.2) is 42.3 Å². The van der Waals surface area contributed by atoms with Crippen LogP contribution in [0.2, 0.25) is 0 Å². The van der Waals surface area contributed by atoms with Crippen LogP contribution in [0.5, 0.6) is 0 Å². The lowest BCUT2D eigenvalue weighted by molar-refractivity contribution is -0.141. The third-order valence-corrected chi connectivity index (χ3v) is 5.00. The molecule has 3 rings (SSSR count). The number of H-pyrrole nitrogens is 1. The molecule has 0 fully saturated rings. The Kier molecular flexibility index (Phi) is 6.71. The first kappa shape index (κ1) is 20.7. The van der Waals surface area contributed by atoms with Gasteiger partial charge in [-0.2, -0.15) is 0 Å². The molecule has 0 spiro atoms. The number of aromatic amines is 1. The van der Waals surface area contributed by atoms with E-state index in [1.807, 2.05) is 6.07 Å². The maximum Gasteiger partial charge on any atom is 0.411 e. The lowest BCUT2D eigenvalue weighted by Crippen LogP contribution is -2.31. The van der Waals surface area contributed by atoms with Crippen molar-refractivity contribution in [1.82, 2.24) is 9.97 Å². The molecule has 1 aromatic carbocycles. The van der Waals surface area contributed by atoms with Crippen molar-refractivity contribution in [2.24, 2.45) is 5.73 Å². The summed E-state index contributed by atoms with van der Waals surface area (Å²) in [5.41, 5.74) is 8.93. The summed E-state index contributed by atoms with van der Waals surface area (Å²) in [6.07, 6.45) is 5.42. The first-order chi connectivity index (χ1) is 14.0. The number of nitrogens with one attached hydrogen (secondary N) is 3. The van der Waals surface area contributed by atoms with E-state index in [1.165, 1.54) is 14.2 Å². The summed E-state index contributed by atoms with van der Waals surface area (Å²) >= 11 is 0. The van der Waals surface area contributed by atoms with E-state index in [2.05, 4.69) is 25.3 Å². The number of hydrogen-bond acceptors (Lipinski definition) is 7. The van der Waals surface area contributed by atoms with E-state index in [4.69, 9.17) is 10.5 Å². The van der Waals surface area contributed by atoms with E-state index in [9.17, 15) is 9.59 Å². The van der Waals surface area contributed by atoms with Crippen molar-refractivity contribution in [3.05, 3.63) is 30.2 Å². The summed E-state index contributed by atoms with van der Waals surface area (Å²) in [6, 6.07) is 4.64. The predicted octanol–water partition coefficient (Wildman–Crippen LogP) is 3.17. The number of rotatable bonds is 2. The number of fused-ring (bicyclic) bond motifs is 4. The third-order valence-electron chi connectivity index (χ3n) is 5.00. The number of amides is 1. The molecule has 0 unspecified atom stereocenters. The van der Waals surface area contributed by atoms with Crippen LogP contribution >= 0.6 is 0 Å². The van der Waals surface area contributed by atoms with E-state index < -0.39 is 12.1 Å². The monoisotopic (exact) mass is 401 g/mol. The average Bonchev–Trinajstić information content (AvgIpc) is 3.21. The van der Waals surface area contributed by atoms with Gasteiger partial charge in [-0.1, -0.05) is 19.3 Å². The zero-order valence-electron chi connectivity index (χ0n) is 16.7. The quantitative estimate of drug-likeness (QED) is 0.568. The minimum atomic E-state index is -0.577. The van der Waals surface area contributed by atoms with E-state index in [-0.39, 0.29) is 12.0 Å². The topological polar surface area (TPSA) is 131 Å². The molecule has 1 amide bonds. The highest BCUT2D eigenvalue weighted by Crippen LogP contribution is 2.32. The number of benzene rings is 1. The Morgan fingerprint density at radius 1 is 1.17 bits per heavy atom. The number of aromatic nitrogens is 2. The Morgan fingerprint density at radius 2 is 1.97 bits per heavy atom. The molecule has 2 bridgehead atoms. The van der Waals surface area contributed by atoms with E-state index in [1.54, 1.807) is 18.3 Å². The summed E-state index contributed by atoms with van der Waals surface area (Å²) in [5, 5.41) is 5.91. The van der Waals surface area contributed by atoms with E-state index in [0.29, 0.717) is 23.5 Å². The van der Waals surface area contributed by atoms with Gasteiger partial charge in [-0.05, 0) is 31.0 Å². The summed E-state index contributed by atoms with van der Waals surface area (Å²) in [4.78, 5) is 31.7. The van der Waals surface area contributed by atoms with Crippen LogP contribution in [0.1, 0.15) is 44.0 Å². The van der Waals surface area contributed by atoms with Crippen LogP contribution in [0, 0.1) is 0 Å². The molecule has 2 aromatic rings. The molecule has 0 saturated heterocycles. The standard InChI is InChI=1S/C20H27N5O4/c1-28-19(26)15-7-5-3-4-6-14(21)18-22-11-17(25-18)13-9-8-12(10-16(13)24-15)23-20(27)29-2/h8-11,14-15,24H,3-7,21H2,1-2H3,(H,22,25)(H,23,27)/t14-,15+/m0/s1. The molecule has 1 aromatic heterocycles. The van der Waals surface area contributed by atoms with Gasteiger partial charge in [-0.15, -0.1) is 0 Å². The minimum absolute atomic E-state index is 0.169. The van der Waals surface area contributed by atoms with E-state index >= 15 is 0 Å². The lowest BCUT2D eigenvalue weighted by atomic mass is 10.0. The molecule has 9 heteroatoms. The highest BCUT2D eigenvalue weighted by atomic mass is 16.5. The predicted molar refractivity (Wildman–Crippen MR) is 109 cm³/mol. The molecule has 156 valence electrons. The zero-order valence-corrected chi connectivity index (χ0v) is 16.7. The number of nitrogens with two attached hydrogens (primary N) is 1. The van der Waals surface area contributed by atoms with Crippen molar-refractivity contribution < 1.29 is 19.1 Å². The van der Waals surface area contributed by atoms with Gasteiger partial charge in [-0.3, -0.25) is 5.32 Å². The van der Waals surface area contributed by atoms with E-state index in [0.717, 1.165) is 37.1 Å². The molecule has 1 aliphatic heterocycles. The molecule has 1 aliphatic rings. The normalized spacial score (nSPS) is 19.4. The van der Waals surface area contributed by atoms with Gasteiger partial charge in [0.05, 0.1) is 26.0 Å². The second kappa shape index (κ2) is 9.42. The number of anilines is 2. The minimum Gasteiger partial charge on any atom is -0.467 e. The van der Waals surface area contributed by atoms with Crippen molar-refractivity contribution in [1.29, 1.82) is 0 Å². The molecule has 2 atom stereocenters. The molecular weight excluding hydrogens is 374 g/mol. The third kappa shape index (κ3) is 5.05. The zero-order chi connectivity index (χ0) is 20.8. The van der Waals surface area contributed by atoms with Gasteiger partial charge in [0.2, 0.25) is 0 Å². The Bertz CT molecular complexity index is 866. The fourth-order valence-electron chi connectivity index (χ4n) is 3.40. The number of ether oxygens (including phenoxy) is 2. The number of carbonyl (C=O) groups excluding carboxylic acids is 2. The Balaban J connectivity index is 2.02. The largest absolute Gasteiger partial charge is 0.467 e. The summed E-state index contributed by atoms with van der Waals surface area (Å²) < 4.78 is 9.64. The van der Waals surface area contributed by atoms with Crippen LogP contribution in [0.25, 0.3) is 11.3 Å². The highest BCUT2D eigenvalue weighted by Gasteiger charge is 2.22. The van der Waals surface area contributed by atoms with Crippen molar-refractivity contribution >= 4 is 23.4 Å². The second-order valence-corrected chi connectivity index (χ2v) is 7.01. The van der Waals surface area contributed by atoms with Gasteiger partial charge in [-0.25, -0.2) is 14.6 Å². The van der Waals surface area contributed by atoms with Gasteiger partial charge in [0.15, 0.2) is 0 Å². The van der Waals surface area contributed by atoms with Gasteiger partial charge < -0.3 is 25.5 Å². The molecule has 0 saturated carbocycles. The smallest absolute Gasteiger partial charge is 0.411 e. The fourth-order valence-corrected chi connectivity index (χ4v) is 3.40. The van der Waals surface area contributed by atoms with Crippen LogP contribution < -0.4 is 16.4 Å². The number of methoxy groups -OCH3 is 2. The van der Waals surface area contributed by atoms with Gasteiger partial charge in [0.25, 0.3) is 0 Å². The van der Waals surface area contributed by atoms with Gasteiger partial charge in [0, 0.05) is 23.1 Å². The molecular formula is C20H27N5O4. The lowest BCUT2D eigenvalue weighted by Gasteiger charge is -2.20. The summed E-state index contributed by atoms with van der Waals surface area (Å²) in [7, 11) is 2.67. The van der Waals surface area contributed by atoms with Crippen molar-refractivity contribution in [2.75, 3.05) is 24.9 Å². The van der Waals surface area contributed by atoms with Crippen molar-refractivity contribution in [2.45, 2.75) is 44.2 Å². The Hall–Kier alpha value is -3.07. The molecule has 9 nitrogen and oxygen atoms in total. The number of esters is 1. The molecule has 0 aliphatic carbocycles. The SMILES string of the molecule is COC(=O)Nc1ccc2c(c1)N[C@@H](C(=O)OC)CCCCC[C@H](N)c1nc-2c[nH]1. The van der Waals surface area contributed by atoms with Crippen molar-refractivity contribution in [3.8, 4) is 11.3 Å². The van der Waals surface area contributed by atoms with Crippen LogP contribution in [0.4, 0.5) is 16.2 Å². The first-order valence-corrected chi connectivity index (χ1v) is 9.66. The highest BCUT2D eigenvalue weighted by molar-refractivity contribution is 5.89. The fraction of sp³-hybridized carbons (Fsp3) is 0.450. The Labute approximate surface area is 169 Å². The summed E-state index contributed by atoms with van der Waals surface area (Å²) in [5.74, 6) is 0.392. The number of nitrogens with zero attached hydrogens (tertiary/aromatic N) is 1. The van der Waals surface area contributed by atoms with Crippen molar-refractivity contribution in [3.63, 3.8) is 0 Å². The average molecular weight is 401 g/mol. The molecule has 0 radical (unpaired) electrons. The first-order valence-electron chi connectivity index (χ1n) is 9.66. The number of carbonyl (C=O) groups is 2. The van der Waals surface area contributed by atoms with Crippen LogP contribution in [-0.2, 0) is 14.3 Å². The maximum absolute atomic E-state index is 12.3. The number of imidazole rings is 1. The van der Waals surface area contributed by atoms with Gasteiger partial charge >= 0.3 is 12.1 Å². The van der Waals surface area contributed by atoms with Crippen LogP contribution in [0.3, 0.4) is 0 Å². The molecule has 29 heavy (non-hydrogen) atoms. The second-order valence-electron chi connectivity index (χ2n) is 7.01. The Morgan fingerprint density at radius 3 is 2.72 bits per heavy atom. The molecule has 2 heterocycles. The maximum atomic E-state index is 12.3.